The van der Waals surface area contributed by atoms with E-state index < -0.39 is 5.60 Å². The van der Waals surface area contributed by atoms with Crippen LogP contribution in [0.2, 0.25) is 0 Å². The van der Waals surface area contributed by atoms with Crippen molar-refractivity contribution in [1.82, 2.24) is 5.32 Å². The maximum atomic E-state index is 11.7. The Morgan fingerprint density at radius 2 is 1.83 bits per heavy atom. The maximum absolute atomic E-state index is 11.7. The fourth-order valence-corrected chi connectivity index (χ4v) is 3.40. The second kappa shape index (κ2) is 5.08. The molecule has 0 spiro atoms. The summed E-state index contributed by atoms with van der Waals surface area (Å²) >= 11 is 0. The second-order valence-corrected chi connectivity index (χ2v) is 6.91. The molecular formula is C14H26N2O2. The zero-order valence-electron chi connectivity index (χ0n) is 11.7. The van der Waals surface area contributed by atoms with E-state index in [2.05, 4.69) is 5.32 Å². The first-order valence-electron chi connectivity index (χ1n) is 7.08. The molecule has 2 aliphatic carbocycles. The lowest BCUT2D eigenvalue weighted by Crippen LogP contribution is -2.42. The Hall–Kier alpha value is -0.770. The molecule has 0 aliphatic heterocycles. The Morgan fingerprint density at radius 1 is 1.17 bits per heavy atom. The van der Waals surface area contributed by atoms with E-state index in [9.17, 15) is 4.79 Å². The molecule has 2 unspecified atom stereocenters. The molecule has 0 radical (unpaired) electrons. The van der Waals surface area contributed by atoms with E-state index in [-0.39, 0.29) is 12.1 Å². The molecule has 2 rings (SSSR count). The Bertz CT molecular complexity index is 311. The van der Waals surface area contributed by atoms with Crippen molar-refractivity contribution < 1.29 is 9.53 Å². The Morgan fingerprint density at radius 3 is 2.50 bits per heavy atom. The summed E-state index contributed by atoms with van der Waals surface area (Å²) in [5.41, 5.74) is 5.59. The number of ether oxygens (including phenoxy) is 1. The van der Waals surface area contributed by atoms with Crippen LogP contribution in [-0.4, -0.2) is 23.8 Å². The van der Waals surface area contributed by atoms with Crippen LogP contribution in [0.1, 0.15) is 52.9 Å². The number of hydrogen-bond acceptors (Lipinski definition) is 3. The summed E-state index contributed by atoms with van der Waals surface area (Å²) in [6, 6.07) is 0.645. The minimum atomic E-state index is -0.420. The molecule has 18 heavy (non-hydrogen) atoms. The third-order valence-corrected chi connectivity index (χ3v) is 4.07. The Balaban J connectivity index is 1.80. The van der Waals surface area contributed by atoms with Gasteiger partial charge in [0.25, 0.3) is 0 Å². The first-order chi connectivity index (χ1) is 8.33. The van der Waals surface area contributed by atoms with Gasteiger partial charge in [0.2, 0.25) is 0 Å². The monoisotopic (exact) mass is 254 g/mol. The van der Waals surface area contributed by atoms with Crippen LogP contribution in [0, 0.1) is 11.8 Å². The zero-order chi connectivity index (χ0) is 13.3. The molecule has 0 aromatic heterocycles. The van der Waals surface area contributed by atoms with Gasteiger partial charge in [-0.05, 0) is 64.7 Å². The molecule has 2 aliphatic rings. The summed E-state index contributed by atoms with van der Waals surface area (Å²) in [6.07, 6.45) is 5.33. The highest BCUT2D eigenvalue weighted by Crippen LogP contribution is 2.41. The van der Waals surface area contributed by atoms with Gasteiger partial charge in [-0.25, -0.2) is 4.79 Å². The van der Waals surface area contributed by atoms with Gasteiger partial charge in [-0.15, -0.1) is 0 Å². The lowest BCUT2D eigenvalue weighted by atomic mass is 9.79. The molecule has 0 saturated heterocycles. The molecule has 2 saturated carbocycles. The van der Waals surface area contributed by atoms with Gasteiger partial charge in [0.1, 0.15) is 5.60 Å². The van der Waals surface area contributed by atoms with Gasteiger partial charge in [-0.3, -0.25) is 0 Å². The largest absolute Gasteiger partial charge is 0.444 e. The SMILES string of the molecule is CC(C)(C)OC(=O)NC1CC[C@H]2CC(N)C[C@@H]2C1. The quantitative estimate of drug-likeness (QED) is 0.755. The van der Waals surface area contributed by atoms with E-state index in [1.807, 2.05) is 20.8 Å². The molecule has 4 atom stereocenters. The Labute approximate surface area is 110 Å². The summed E-state index contributed by atoms with van der Waals surface area (Å²) in [5, 5.41) is 3.00. The first kappa shape index (κ1) is 13.7. The van der Waals surface area contributed by atoms with Crippen molar-refractivity contribution in [3.05, 3.63) is 0 Å². The lowest BCUT2D eigenvalue weighted by Gasteiger charge is -2.32. The summed E-state index contributed by atoms with van der Waals surface area (Å²) in [7, 11) is 0. The topological polar surface area (TPSA) is 64.3 Å². The number of rotatable bonds is 1. The summed E-state index contributed by atoms with van der Waals surface area (Å²) in [4.78, 5) is 11.7. The van der Waals surface area contributed by atoms with Gasteiger partial charge in [-0.1, -0.05) is 0 Å². The molecule has 4 heteroatoms. The van der Waals surface area contributed by atoms with Crippen molar-refractivity contribution in [2.24, 2.45) is 17.6 Å². The number of carbonyl (C=O) groups excluding carboxylic acids is 1. The molecule has 0 heterocycles. The van der Waals surface area contributed by atoms with Crippen LogP contribution in [0.4, 0.5) is 4.79 Å². The molecule has 0 aromatic carbocycles. The van der Waals surface area contributed by atoms with Crippen molar-refractivity contribution >= 4 is 6.09 Å². The van der Waals surface area contributed by atoms with Gasteiger partial charge < -0.3 is 15.8 Å². The highest BCUT2D eigenvalue weighted by Gasteiger charge is 2.37. The van der Waals surface area contributed by atoms with Crippen LogP contribution in [0.25, 0.3) is 0 Å². The minimum Gasteiger partial charge on any atom is -0.444 e. The van der Waals surface area contributed by atoms with Crippen LogP contribution in [0.3, 0.4) is 0 Å². The molecule has 1 amide bonds. The predicted octanol–water partition coefficient (Wildman–Crippen LogP) is 2.42. The molecule has 3 N–H and O–H groups in total. The van der Waals surface area contributed by atoms with Crippen molar-refractivity contribution in [3.63, 3.8) is 0 Å². The minimum absolute atomic E-state index is 0.270. The van der Waals surface area contributed by atoms with Crippen LogP contribution < -0.4 is 11.1 Å². The third-order valence-electron chi connectivity index (χ3n) is 4.07. The average Bonchev–Trinajstić information content (AvgIpc) is 2.53. The second-order valence-electron chi connectivity index (χ2n) is 6.91. The van der Waals surface area contributed by atoms with E-state index in [1.165, 1.54) is 12.8 Å². The van der Waals surface area contributed by atoms with Crippen LogP contribution in [0.5, 0.6) is 0 Å². The zero-order valence-corrected chi connectivity index (χ0v) is 11.7. The molecule has 0 aromatic rings. The molecule has 2 fully saturated rings. The van der Waals surface area contributed by atoms with Crippen molar-refractivity contribution in [2.75, 3.05) is 0 Å². The highest BCUT2D eigenvalue weighted by molar-refractivity contribution is 5.68. The van der Waals surface area contributed by atoms with Gasteiger partial charge in [0.05, 0.1) is 0 Å². The summed E-state index contributed by atoms with van der Waals surface area (Å²) in [5.74, 6) is 1.49. The van der Waals surface area contributed by atoms with E-state index >= 15 is 0 Å². The van der Waals surface area contributed by atoms with Crippen molar-refractivity contribution in [1.29, 1.82) is 0 Å². The number of nitrogens with one attached hydrogen (secondary N) is 1. The fraction of sp³-hybridized carbons (Fsp3) is 0.929. The lowest BCUT2D eigenvalue weighted by molar-refractivity contribution is 0.0476. The van der Waals surface area contributed by atoms with Gasteiger partial charge in [0, 0.05) is 12.1 Å². The normalized spacial score (nSPS) is 36.0. The van der Waals surface area contributed by atoms with Gasteiger partial charge in [-0.2, -0.15) is 0 Å². The number of carbonyl (C=O) groups is 1. The van der Waals surface area contributed by atoms with Crippen LogP contribution in [-0.2, 0) is 4.74 Å². The van der Waals surface area contributed by atoms with Crippen LogP contribution >= 0.6 is 0 Å². The number of fused-ring (bicyclic) bond motifs is 1. The van der Waals surface area contributed by atoms with Crippen LogP contribution in [0.15, 0.2) is 0 Å². The van der Waals surface area contributed by atoms with E-state index in [0.717, 1.165) is 25.2 Å². The first-order valence-corrected chi connectivity index (χ1v) is 7.08. The van der Waals surface area contributed by atoms with E-state index in [0.29, 0.717) is 12.0 Å². The van der Waals surface area contributed by atoms with E-state index in [1.54, 1.807) is 0 Å². The summed E-state index contributed by atoms with van der Waals surface area (Å²) < 4.78 is 5.30. The van der Waals surface area contributed by atoms with Gasteiger partial charge >= 0.3 is 6.09 Å². The standard InChI is InChI=1S/C14H26N2O2/c1-14(2,3)18-13(17)16-12-5-4-9-6-11(15)7-10(9)8-12/h9-12H,4-8,15H2,1-3H3,(H,16,17)/t9-,10+,11?,12?/m0/s1. The molecule has 0 bridgehead atoms. The number of amides is 1. The van der Waals surface area contributed by atoms with Gasteiger partial charge in [0.15, 0.2) is 0 Å². The van der Waals surface area contributed by atoms with Crippen molar-refractivity contribution in [3.8, 4) is 0 Å². The maximum Gasteiger partial charge on any atom is 0.407 e. The number of nitrogens with two attached hydrogens (primary N) is 1. The Kier molecular flexibility index (Phi) is 3.85. The predicted molar refractivity (Wildman–Crippen MR) is 71.2 cm³/mol. The fourth-order valence-electron chi connectivity index (χ4n) is 3.40. The average molecular weight is 254 g/mol. The molecule has 104 valence electrons. The van der Waals surface area contributed by atoms with Crippen molar-refractivity contribution in [2.45, 2.75) is 70.6 Å². The third kappa shape index (κ3) is 3.61. The number of alkyl carbamates (subject to hydrolysis) is 1. The smallest absolute Gasteiger partial charge is 0.407 e. The molecular weight excluding hydrogens is 228 g/mol. The van der Waals surface area contributed by atoms with E-state index in [4.69, 9.17) is 10.5 Å². The summed E-state index contributed by atoms with van der Waals surface area (Å²) in [6.45, 7) is 5.67. The highest BCUT2D eigenvalue weighted by atomic mass is 16.6. The number of hydrogen-bond donors (Lipinski definition) is 2. The molecule has 4 nitrogen and oxygen atoms in total.